The molecule has 24 heavy (non-hydrogen) atoms. The summed E-state index contributed by atoms with van der Waals surface area (Å²) in [4.78, 5) is 16.2. The number of nitrogens with zero attached hydrogens (tertiary/aromatic N) is 2. The highest BCUT2D eigenvalue weighted by Crippen LogP contribution is 2.40. The van der Waals surface area contributed by atoms with Crippen molar-refractivity contribution in [2.24, 2.45) is 5.41 Å². The van der Waals surface area contributed by atoms with Crippen LogP contribution < -0.4 is 0 Å². The normalized spacial score (nSPS) is 21.5. The Kier molecular flexibility index (Phi) is 5.38. The topological polar surface area (TPSA) is 23.6 Å². The molecule has 2 saturated heterocycles. The van der Waals surface area contributed by atoms with Gasteiger partial charge in [-0.05, 0) is 62.4 Å². The number of carbonyl (C=O) groups is 1. The lowest BCUT2D eigenvalue weighted by atomic mass is 9.72. The van der Waals surface area contributed by atoms with Crippen molar-refractivity contribution in [3.8, 4) is 0 Å². The number of likely N-dealkylation sites (tertiary alicyclic amines) is 2. The van der Waals surface area contributed by atoms with Gasteiger partial charge < -0.3 is 4.90 Å². The molecule has 132 valence electrons. The van der Waals surface area contributed by atoms with E-state index < -0.39 is 5.82 Å². The van der Waals surface area contributed by atoms with Crippen LogP contribution in [0.5, 0.6) is 0 Å². The van der Waals surface area contributed by atoms with Gasteiger partial charge in [0.25, 0.3) is 0 Å². The third-order valence-corrected chi connectivity index (χ3v) is 6.17. The lowest BCUT2D eigenvalue weighted by Crippen LogP contribution is -2.51. The second kappa shape index (κ2) is 7.19. The summed E-state index contributed by atoms with van der Waals surface area (Å²) in [7, 11) is 0. The van der Waals surface area contributed by atoms with E-state index in [1.54, 1.807) is 0 Å². The SMILES string of the molecule is CCN1CC2(CCC1=O)CCN(Cc1cc(F)c(Cl)cc1Cl)CC2. The van der Waals surface area contributed by atoms with Crippen LogP contribution in [0.25, 0.3) is 0 Å². The third-order valence-electron chi connectivity index (χ3n) is 5.53. The molecular weight excluding hydrogens is 350 g/mol. The van der Waals surface area contributed by atoms with Gasteiger partial charge in [-0.25, -0.2) is 4.39 Å². The monoisotopic (exact) mass is 372 g/mol. The van der Waals surface area contributed by atoms with Crippen LogP contribution in [0.2, 0.25) is 10.0 Å². The van der Waals surface area contributed by atoms with Crippen molar-refractivity contribution in [2.45, 2.75) is 39.2 Å². The number of rotatable bonds is 3. The smallest absolute Gasteiger partial charge is 0.222 e. The molecule has 0 aromatic heterocycles. The van der Waals surface area contributed by atoms with Gasteiger partial charge >= 0.3 is 0 Å². The van der Waals surface area contributed by atoms with E-state index in [-0.39, 0.29) is 16.3 Å². The Morgan fingerprint density at radius 1 is 1.17 bits per heavy atom. The lowest BCUT2D eigenvalue weighted by Gasteiger charge is -2.47. The summed E-state index contributed by atoms with van der Waals surface area (Å²) >= 11 is 12.0. The second-order valence-corrected chi connectivity index (χ2v) is 7.86. The Labute approximate surface area is 152 Å². The van der Waals surface area contributed by atoms with Gasteiger partial charge in [-0.1, -0.05) is 23.2 Å². The molecule has 2 aliphatic rings. The molecule has 3 nitrogen and oxygen atoms in total. The number of hydrogen-bond donors (Lipinski definition) is 0. The van der Waals surface area contributed by atoms with E-state index in [1.165, 1.54) is 12.1 Å². The van der Waals surface area contributed by atoms with Crippen molar-refractivity contribution < 1.29 is 9.18 Å². The van der Waals surface area contributed by atoms with Crippen molar-refractivity contribution in [2.75, 3.05) is 26.2 Å². The van der Waals surface area contributed by atoms with Crippen LogP contribution in [0.4, 0.5) is 4.39 Å². The number of amides is 1. The van der Waals surface area contributed by atoms with E-state index in [4.69, 9.17) is 23.2 Å². The summed E-state index contributed by atoms with van der Waals surface area (Å²) < 4.78 is 13.7. The van der Waals surface area contributed by atoms with Crippen LogP contribution >= 0.6 is 23.2 Å². The molecule has 0 unspecified atom stereocenters. The molecule has 1 spiro atoms. The molecule has 2 aliphatic heterocycles. The van der Waals surface area contributed by atoms with E-state index in [0.717, 1.165) is 51.0 Å². The van der Waals surface area contributed by atoms with E-state index in [2.05, 4.69) is 4.90 Å². The lowest BCUT2D eigenvalue weighted by molar-refractivity contribution is -0.138. The minimum atomic E-state index is -0.422. The average molecular weight is 373 g/mol. The second-order valence-electron chi connectivity index (χ2n) is 7.04. The first-order valence-electron chi connectivity index (χ1n) is 8.56. The molecule has 0 aliphatic carbocycles. The minimum Gasteiger partial charge on any atom is -0.342 e. The Morgan fingerprint density at radius 3 is 2.54 bits per heavy atom. The number of benzene rings is 1. The van der Waals surface area contributed by atoms with Gasteiger partial charge in [0.1, 0.15) is 5.82 Å². The number of hydrogen-bond acceptors (Lipinski definition) is 2. The zero-order valence-corrected chi connectivity index (χ0v) is 15.5. The molecule has 0 saturated carbocycles. The summed E-state index contributed by atoms with van der Waals surface area (Å²) in [6.07, 6.45) is 3.81. The first-order valence-corrected chi connectivity index (χ1v) is 9.31. The predicted octanol–water partition coefficient (Wildman–Crippen LogP) is 4.36. The van der Waals surface area contributed by atoms with Gasteiger partial charge in [0.15, 0.2) is 0 Å². The molecule has 3 rings (SSSR count). The first kappa shape index (κ1) is 18.0. The fourth-order valence-electron chi connectivity index (χ4n) is 3.91. The Balaban J connectivity index is 1.61. The highest BCUT2D eigenvalue weighted by molar-refractivity contribution is 6.35. The van der Waals surface area contributed by atoms with Gasteiger partial charge in [-0.15, -0.1) is 0 Å². The highest BCUT2D eigenvalue weighted by atomic mass is 35.5. The third kappa shape index (κ3) is 3.71. The molecule has 1 aromatic carbocycles. The fourth-order valence-corrected chi connectivity index (χ4v) is 4.35. The van der Waals surface area contributed by atoms with Gasteiger partial charge in [0, 0.05) is 31.1 Å². The fraction of sp³-hybridized carbons (Fsp3) is 0.611. The van der Waals surface area contributed by atoms with Crippen molar-refractivity contribution in [3.05, 3.63) is 33.6 Å². The summed E-state index contributed by atoms with van der Waals surface area (Å²) in [6.45, 7) is 6.26. The standard InChI is InChI=1S/C18H23Cl2FN2O/c1-2-23-12-18(4-3-17(23)24)5-7-22(8-6-18)11-13-9-16(21)15(20)10-14(13)19/h9-10H,2-8,11-12H2,1H3. The number of piperidine rings is 2. The van der Waals surface area contributed by atoms with Gasteiger partial charge in [0.2, 0.25) is 5.91 Å². The van der Waals surface area contributed by atoms with E-state index >= 15 is 0 Å². The molecule has 1 amide bonds. The summed E-state index contributed by atoms with van der Waals surface area (Å²) in [6, 6.07) is 2.91. The molecule has 6 heteroatoms. The van der Waals surface area contributed by atoms with Gasteiger partial charge in [-0.2, -0.15) is 0 Å². The molecule has 2 heterocycles. The average Bonchev–Trinajstić information content (AvgIpc) is 2.57. The maximum atomic E-state index is 13.7. The van der Waals surface area contributed by atoms with Crippen molar-refractivity contribution in [1.29, 1.82) is 0 Å². The molecule has 0 atom stereocenters. The quantitative estimate of drug-likeness (QED) is 0.736. The van der Waals surface area contributed by atoms with Crippen LogP contribution in [0.15, 0.2) is 12.1 Å². The zero-order chi connectivity index (χ0) is 17.3. The van der Waals surface area contributed by atoms with Crippen LogP contribution in [0, 0.1) is 11.2 Å². The van der Waals surface area contributed by atoms with E-state index in [9.17, 15) is 9.18 Å². The Morgan fingerprint density at radius 2 is 1.88 bits per heavy atom. The summed E-state index contributed by atoms with van der Waals surface area (Å²) in [5.74, 6) is -0.136. The van der Waals surface area contributed by atoms with Gasteiger partial charge in [-0.3, -0.25) is 9.69 Å². The van der Waals surface area contributed by atoms with Crippen LogP contribution in [-0.2, 0) is 11.3 Å². The molecule has 1 aromatic rings. The van der Waals surface area contributed by atoms with Crippen molar-refractivity contribution in [3.63, 3.8) is 0 Å². The molecule has 0 bridgehead atoms. The minimum absolute atomic E-state index is 0.0628. The zero-order valence-electron chi connectivity index (χ0n) is 14.0. The van der Waals surface area contributed by atoms with Crippen molar-refractivity contribution in [1.82, 2.24) is 9.80 Å². The largest absolute Gasteiger partial charge is 0.342 e. The van der Waals surface area contributed by atoms with Crippen molar-refractivity contribution >= 4 is 29.1 Å². The summed E-state index contributed by atoms with van der Waals surface area (Å²) in [5, 5.41) is 0.579. The van der Waals surface area contributed by atoms with E-state index in [0.29, 0.717) is 18.0 Å². The summed E-state index contributed by atoms with van der Waals surface area (Å²) in [5.41, 5.74) is 1.04. The maximum Gasteiger partial charge on any atom is 0.222 e. The first-order chi connectivity index (χ1) is 11.4. The predicted molar refractivity (Wildman–Crippen MR) is 94.9 cm³/mol. The van der Waals surface area contributed by atoms with Gasteiger partial charge in [0.05, 0.1) is 5.02 Å². The molecule has 0 radical (unpaired) electrons. The number of carbonyl (C=O) groups excluding carboxylic acids is 1. The van der Waals surface area contributed by atoms with Crippen LogP contribution in [0.3, 0.4) is 0 Å². The Bertz CT molecular complexity index is 630. The number of halogens is 3. The van der Waals surface area contributed by atoms with Crippen LogP contribution in [-0.4, -0.2) is 41.9 Å². The Hall–Kier alpha value is -0.840. The van der Waals surface area contributed by atoms with Crippen LogP contribution in [0.1, 0.15) is 38.2 Å². The molecular formula is C18H23Cl2FN2O. The molecule has 2 fully saturated rings. The maximum absolute atomic E-state index is 13.7. The molecule has 0 N–H and O–H groups in total. The van der Waals surface area contributed by atoms with E-state index in [1.807, 2.05) is 11.8 Å². The highest BCUT2D eigenvalue weighted by Gasteiger charge is 2.40.